The second-order valence-electron chi connectivity index (χ2n) is 7.95. The molecular weight excluding hydrogens is 408 g/mol. The molecule has 4 N–H and O–H groups in total. The van der Waals surface area contributed by atoms with E-state index in [1.165, 1.54) is 0 Å². The van der Waals surface area contributed by atoms with E-state index in [2.05, 4.69) is 23.1 Å². The minimum atomic E-state index is -1.37. The summed E-state index contributed by atoms with van der Waals surface area (Å²) in [5.41, 5.74) is 9.11. The molecule has 2 aromatic heterocycles. The second-order valence-corrected chi connectivity index (χ2v) is 7.95. The molecule has 4 rings (SSSR count). The van der Waals surface area contributed by atoms with Gasteiger partial charge in [0.1, 0.15) is 16.9 Å². The Kier molecular flexibility index (Phi) is 5.80. The van der Waals surface area contributed by atoms with Gasteiger partial charge in [0.25, 0.3) is 5.89 Å². The number of fused-ring (bicyclic) bond motifs is 1. The predicted molar refractivity (Wildman–Crippen MR) is 118 cm³/mol. The summed E-state index contributed by atoms with van der Waals surface area (Å²) in [7, 11) is 0. The number of nitrogens with two attached hydrogens (primary N) is 1. The number of furan rings is 1. The molecule has 8 heteroatoms. The number of aliphatic hydroxyl groups is 2. The van der Waals surface area contributed by atoms with Gasteiger partial charge in [-0.25, -0.2) is 0 Å². The Hall–Kier alpha value is -3.51. The van der Waals surface area contributed by atoms with E-state index >= 15 is 0 Å². The van der Waals surface area contributed by atoms with E-state index in [1.807, 2.05) is 31.2 Å². The lowest BCUT2D eigenvalue weighted by Crippen LogP contribution is -2.43. The molecule has 0 radical (unpaired) electrons. The van der Waals surface area contributed by atoms with E-state index in [-0.39, 0.29) is 0 Å². The zero-order valence-electron chi connectivity index (χ0n) is 17.9. The number of nitrogens with zero attached hydrogens (tertiary/aromatic N) is 3. The topological polar surface area (TPSA) is 142 Å². The van der Waals surface area contributed by atoms with Crippen LogP contribution in [0.15, 0.2) is 45.3 Å². The van der Waals surface area contributed by atoms with Crippen LogP contribution in [0.3, 0.4) is 0 Å². The molecular formula is C24H24N4O4. The molecule has 0 saturated carbocycles. The maximum absolute atomic E-state index is 9.56. The van der Waals surface area contributed by atoms with Gasteiger partial charge in [-0.15, -0.1) is 0 Å². The SMILES string of the molecule is CCCc1ccc(-c2nc(-c3cc(C)c4oc(C(N)(CO)CO)cc4c3)no2)cc1C#N. The van der Waals surface area contributed by atoms with Crippen molar-refractivity contribution in [2.45, 2.75) is 32.2 Å². The van der Waals surface area contributed by atoms with Crippen LogP contribution in [0.5, 0.6) is 0 Å². The average molecular weight is 432 g/mol. The Morgan fingerprint density at radius 3 is 2.59 bits per heavy atom. The molecule has 0 aliphatic heterocycles. The molecule has 0 atom stereocenters. The van der Waals surface area contributed by atoms with Gasteiger partial charge >= 0.3 is 0 Å². The van der Waals surface area contributed by atoms with Crippen LogP contribution in [0.25, 0.3) is 33.8 Å². The van der Waals surface area contributed by atoms with Crippen molar-refractivity contribution < 1.29 is 19.2 Å². The fourth-order valence-electron chi connectivity index (χ4n) is 3.67. The highest BCUT2D eigenvalue weighted by Crippen LogP contribution is 2.33. The zero-order valence-corrected chi connectivity index (χ0v) is 17.9. The normalized spacial score (nSPS) is 11.8. The zero-order chi connectivity index (χ0) is 22.9. The summed E-state index contributed by atoms with van der Waals surface area (Å²) < 4.78 is 11.3. The summed E-state index contributed by atoms with van der Waals surface area (Å²) >= 11 is 0. The first-order valence-corrected chi connectivity index (χ1v) is 10.3. The number of rotatable bonds is 7. The van der Waals surface area contributed by atoms with Crippen LogP contribution in [-0.4, -0.2) is 33.6 Å². The molecule has 0 saturated heterocycles. The highest BCUT2D eigenvalue weighted by atomic mass is 16.5. The molecule has 0 spiro atoms. The van der Waals surface area contributed by atoms with Crippen molar-refractivity contribution in [3.63, 3.8) is 0 Å². The molecule has 32 heavy (non-hydrogen) atoms. The number of aromatic nitrogens is 2. The molecule has 8 nitrogen and oxygen atoms in total. The van der Waals surface area contributed by atoms with E-state index in [0.717, 1.165) is 34.9 Å². The Labute approximate surface area is 184 Å². The van der Waals surface area contributed by atoms with Crippen LogP contribution in [0.2, 0.25) is 0 Å². The number of nitriles is 1. The van der Waals surface area contributed by atoms with Gasteiger partial charge in [0, 0.05) is 16.5 Å². The number of benzene rings is 2. The molecule has 2 heterocycles. The highest BCUT2D eigenvalue weighted by Gasteiger charge is 2.30. The van der Waals surface area contributed by atoms with Crippen LogP contribution in [0, 0.1) is 18.3 Å². The van der Waals surface area contributed by atoms with Crippen LogP contribution in [-0.2, 0) is 12.0 Å². The van der Waals surface area contributed by atoms with E-state index in [4.69, 9.17) is 14.7 Å². The van der Waals surface area contributed by atoms with Crippen LogP contribution in [0.1, 0.15) is 35.8 Å². The standard InChI is InChI=1S/C24H24N4O4/c1-3-4-15-5-6-16(8-19(15)11-25)23-27-22(28-32-23)18-7-14(2)21-17(9-18)10-20(31-21)24(26,12-29)13-30/h5-10,29-30H,3-4,12-13,26H2,1-2H3. The largest absolute Gasteiger partial charge is 0.459 e. The van der Waals surface area contributed by atoms with Crippen molar-refractivity contribution in [3.8, 4) is 28.9 Å². The van der Waals surface area contributed by atoms with E-state index in [1.54, 1.807) is 12.1 Å². The van der Waals surface area contributed by atoms with Crippen LogP contribution < -0.4 is 5.73 Å². The first kappa shape index (κ1) is 21.7. The molecule has 0 unspecified atom stereocenters. The van der Waals surface area contributed by atoms with Gasteiger partial charge in [0.2, 0.25) is 5.82 Å². The number of aliphatic hydroxyl groups excluding tert-OH is 2. The van der Waals surface area contributed by atoms with Crippen molar-refractivity contribution in [1.29, 1.82) is 5.26 Å². The van der Waals surface area contributed by atoms with Crippen molar-refractivity contribution >= 4 is 11.0 Å². The van der Waals surface area contributed by atoms with Crippen molar-refractivity contribution in [2.75, 3.05) is 13.2 Å². The lowest BCUT2D eigenvalue weighted by Gasteiger charge is -2.21. The molecule has 4 aromatic rings. The van der Waals surface area contributed by atoms with E-state index in [0.29, 0.717) is 34.2 Å². The summed E-state index contributed by atoms with van der Waals surface area (Å²) in [6.07, 6.45) is 1.79. The fraction of sp³-hybridized carbons (Fsp3) is 0.292. The third kappa shape index (κ3) is 3.78. The van der Waals surface area contributed by atoms with Crippen molar-refractivity contribution in [3.05, 3.63) is 58.8 Å². The van der Waals surface area contributed by atoms with Crippen LogP contribution in [0.4, 0.5) is 0 Å². The first-order valence-electron chi connectivity index (χ1n) is 10.3. The van der Waals surface area contributed by atoms with Gasteiger partial charge in [-0.1, -0.05) is 24.6 Å². The van der Waals surface area contributed by atoms with E-state index in [9.17, 15) is 15.5 Å². The molecule has 0 fully saturated rings. The Bertz CT molecular complexity index is 1310. The average Bonchev–Trinajstić information content (AvgIpc) is 3.47. The quantitative estimate of drug-likeness (QED) is 0.403. The lowest BCUT2D eigenvalue weighted by molar-refractivity contribution is 0.105. The third-order valence-electron chi connectivity index (χ3n) is 5.54. The highest BCUT2D eigenvalue weighted by molar-refractivity contribution is 5.86. The summed E-state index contributed by atoms with van der Waals surface area (Å²) in [5, 5.41) is 33.4. The number of hydrogen-bond donors (Lipinski definition) is 3. The smallest absolute Gasteiger partial charge is 0.258 e. The minimum absolute atomic E-state index is 0.294. The van der Waals surface area contributed by atoms with Gasteiger partial charge in [-0.2, -0.15) is 10.2 Å². The summed E-state index contributed by atoms with van der Waals surface area (Å²) in [5.74, 6) is 1.02. The number of aryl methyl sites for hydroxylation is 2. The predicted octanol–water partition coefficient (Wildman–Crippen LogP) is 3.42. The van der Waals surface area contributed by atoms with Gasteiger partial charge in [-0.05, 0) is 54.8 Å². The lowest BCUT2D eigenvalue weighted by atomic mass is 9.99. The van der Waals surface area contributed by atoms with Crippen molar-refractivity contribution in [1.82, 2.24) is 10.1 Å². The maximum atomic E-state index is 9.56. The van der Waals surface area contributed by atoms with Gasteiger partial charge in [0.15, 0.2) is 0 Å². The van der Waals surface area contributed by atoms with Gasteiger partial charge in [-0.3, -0.25) is 0 Å². The molecule has 0 amide bonds. The summed E-state index contributed by atoms with van der Waals surface area (Å²) in [4.78, 5) is 4.52. The molecule has 0 bridgehead atoms. The minimum Gasteiger partial charge on any atom is -0.459 e. The summed E-state index contributed by atoms with van der Waals surface area (Å²) in [6, 6.07) is 13.2. The molecule has 2 aromatic carbocycles. The maximum Gasteiger partial charge on any atom is 0.258 e. The summed E-state index contributed by atoms with van der Waals surface area (Å²) in [6.45, 7) is 3.04. The monoisotopic (exact) mass is 432 g/mol. The number of hydrogen-bond acceptors (Lipinski definition) is 8. The first-order chi connectivity index (χ1) is 15.4. The Morgan fingerprint density at radius 1 is 1.12 bits per heavy atom. The van der Waals surface area contributed by atoms with Gasteiger partial charge in [0.05, 0.1) is 24.8 Å². The molecule has 0 aliphatic rings. The van der Waals surface area contributed by atoms with Crippen LogP contribution >= 0.6 is 0 Å². The fourth-order valence-corrected chi connectivity index (χ4v) is 3.67. The molecule has 0 aliphatic carbocycles. The Morgan fingerprint density at radius 2 is 1.91 bits per heavy atom. The van der Waals surface area contributed by atoms with Crippen molar-refractivity contribution in [2.24, 2.45) is 5.73 Å². The Balaban J connectivity index is 1.71. The third-order valence-corrected chi connectivity index (χ3v) is 5.54. The van der Waals surface area contributed by atoms with E-state index < -0.39 is 18.8 Å². The second kappa shape index (κ2) is 8.55. The van der Waals surface area contributed by atoms with Gasteiger partial charge < -0.3 is 24.9 Å². The molecule has 164 valence electrons.